The smallest absolute Gasteiger partial charge is 0.337 e. The summed E-state index contributed by atoms with van der Waals surface area (Å²) in [5.41, 5.74) is -0.945. The molecule has 0 aromatic heterocycles. The van der Waals surface area contributed by atoms with Crippen LogP contribution in [-0.4, -0.2) is 57.1 Å². The van der Waals surface area contributed by atoms with Gasteiger partial charge in [-0.1, -0.05) is 6.42 Å². The van der Waals surface area contributed by atoms with Gasteiger partial charge in [0.15, 0.2) is 0 Å². The van der Waals surface area contributed by atoms with Crippen LogP contribution in [0.15, 0.2) is 23.1 Å². The van der Waals surface area contributed by atoms with E-state index in [2.05, 4.69) is 4.74 Å². The van der Waals surface area contributed by atoms with Crippen LogP contribution >= 0.6 is 0 Å². The number of hydrogen-bond acceptors (Lipinski definition) is 6. The number of carbonyl (C=O) groups excluding carboxylic acids is 1. The zero-order chi connectivity index (χ0) is 19.1. The van der Waals surface area contributed by atoms with Crippen LogP contribution in [0.25, 0.3) is 0 Å². The van der Waals surface area contributed by atoms with E-state index in [9.17, 15) is 23.1 Å². The molecule has 1 aromatic carbocycles. The fourth-order valence-corrected chi connectivity index (χ4v) is 5.77. The third kappa shape index (κ3) is 2.75. The summed E-state index contributed by atoms with van der Waals surface area (Å²) in [5, 5.41) is 9.67. The van der Waals surface area contributed by atoms with Gasteiger partial charge in [0, 0.05) is 13.1 Å². The van der Waals surface area contributed by atoms with Crippen molar-refractivity contribution >= 4 is 22.0 Å². The summed E-state index contributed by atoms with van der Waals surface area (Å²) in [4.78, 5) is 23.4. The normalized spacial score (nSPS) is 25.7. The van der Waals surface area contributed by atoms with Crippen LogP contribution in [0.1, 0.15) is 29.6 Å². The Kier molecular flexibility index (Phi) is 4.70. The van der Waals surface area contributed by atoms with Gasteiger partial charge < -0.3 is 14.6 Å². The fraction of sp³-hybridized carbons (Fsp3) is 0.529. The van der Waals surface area contributed by atoms with Crippen LogP contribution in [-0.2, 0) is 19.6 Å². The number of sulfonamides is 1. The summed E-state index contributed by atoms with van der Waals surface area (Å²) in [7, 11) is -1.48. The molecule has 0 radical (unpaired) electrons. The predicted octanol–water partition coefficient (Wildman–Crippen LogP) is 1.36. The van der Waals surface area contributed by atoms with Crippen LogP contribution in [0, 0.1) is 11.3 Å². The summed E-state index contributed by atoms with van der Waals surface area (Å²) in [6, 6.07) is 4.02. The lowest BCUT2D eigenvalue weighted by Gasteiger charge is -2.23. The van der Waals surface area contributed by atoms with Crippen molar-refractivity contribution in [3.05, 3.63) is 23.8 Å². The molecular weight excluding hydrogens is 362 g/mol. The number of ether oxygens (including phenoxy) is 2. The second-order valence-electron chi connectivity index (χ2n) is 6.71. The van der Waals surface area contributed by atoms with E-state index in [4.69, 9.17) is 4.74 Å². The van der Waals surface area contributed by atoms with Gasteiger partial charge in [0.05, 0.1) is 25.2 Å². The molecule has 0 spiro atoms. The number of carboxylic acid groups (broad SMARTS) is 1. The summed E-state index contributed by atoms with van der Waals surface area (Å²) >= 11 is 0. The standard InChI is InChI=1S/C17H21NO7S/c1-24-13-6-5-11(15(19)25-2)8-14(13)26(22,23)18-9-12-4-3-7-17(12,10-18)16(20)21/h5-6,8,12H,3-4,7,9-10H2,1-2H3,(H,20,21)/t12-,17+/m0/s1. The molecule has 0 bridgehead atoms. The van der Waals surface area contributed by atoms with E-state index in [-0.39, 0.29) is 35.2 Å². The first-order valence-electron chi connectivity index (χ1n) is 8.26. The Bertz CT molecular complexity index is 851. The first-order chi connectivity index (χ1) is 12.3. The number of carbonyl (C=O) groups is 2. The van der Waals surface area contributed by atoms with E-state index >= 15 is 0 Å². The molecule has 1 saturated carbocycles. The molecule has 1 aromatic rings. The molecule has 9 heteroatoms. The van der Waals surface area contributed by atoms with Crippen LogP contribution < -0.4 is 4.74 Å². The van der Waals surface area contributed by atoms with Crippen molar-refractivity contribution in [2.75, 3.05) is 27.3 Å². The van der Waals surface area contributed by atoms with Crippen LogP contribution in [0.4, 0.5) is 0 Å². The number of aliphatic carboxylic acids is 1. The minimum absolute atomic E-state index is 0.0685. The zero-order valence-corrected chi connectivity index (χ0v) is 15.4. The third-order valence-electron chi connectivity index (χ3n) is 5.47. The molecule has 0 amide bonds. The highest BCUT2D eigenvalue weighted by Gasteiger charge is 2.57. The summed E-state index contributed by atoms with van der Waals surface area (Å²) < 4.78 is 37.3. The van der Waals surface area contributed by atoms with E-state index in [0.717, 1.165) is 6.42 Å². The Hall–Kier alpha value is -2.13. The molecule has 1 aliphatic carbocycles. The van der Waals surface area contributed by atoms with Gasteiger partial charge in [-0.3, -0.25) is 4.79 Å². The maximum absolute atomic E-state index is 13.2. The Morgan fingerprint density at radius 1 is 1.31 bits per heavy atom. The number of rotatable bonds is 5. The van der Waals surface area contributed by atoms with Gasteiger partial charge in [-0.15, -0.1) is 0 Å². The van der Waals surface area contributed by atoms with Gasteiger partial charge in [-0.2, -0.15) is 4.31 Å². The highest BCUT2D eigenvalue weighted by Crippen LogP contribution is 2.50. The molecule has 1 aliphatic heterocycles. The molecule has 142 valence electrons. The molecule has 1 N–H and O–H groups in total. The van der Waals surface area contributed by atoms with Crippen molar-refractivity contribution in [3.63, 3.8) is 0 Å². The first-order valence-corrected chi connectivity index (χ1v) is 9.70. The Morgan fingerprint density at radius 3 is 2.62 bits per heavy atom. The molecule has 1 heterocycles. The second-order valence-corrected chi connectivity index (χ2v) is 8.61. The largest absolute Gasteiger partial charge is 0.495 e. The van der Waals surface area contributed by atoms with Gasteiger partial charge in [-0.25, -0.2) is 13.2 Å². The molecule has 3 rings (SSSR count). The lowest BCUT2D eigenvalue weighted by atomic mass is 9.81. The molecule has 0 unspecified atom stereocenters. The van der Waals surface area contributed by atoms with E-state index in [1.54, 1.807) is 0 Å². The fourth-order valence-electron chi connectivity index (χ4n) is 4.04. The number of methoxy groups -OCH3 is 2. The summed E-state index contributed by atoms with van der Waals surface area (Å²) in [6.07, 6.45) is 1.95. The van der Waals surface area contributed by atoms with Gasteiger partial charge in [0.2, 0.25) is 10.0 Å². The number of benzene rings is 1. The number of nitrogens with zero attached hydrogens (tertiary/aromatic N) is 1. The van der Waals surface area contributed by atoms with Crippen molar-refractivity contribution in [1.29, 1.82) is 0 Å². The van der Waals surface area contributed by atoms with Gasteiger partial charge in [-0.05, 0) is 37.0 Å². The molecule has 2 atom stereocenters. The van der Waals surface area contributed by atoms with Crippen molar-refractivity contribution in [2.45, 2.75) is 24.2 Å². The predicted molar refractivity (Wildman–Crippen MR) is 90.5 cm³/mol. The third-order valence-corrected chi connectivity index (χ3v) is 7.30. The molecule has 1 saturated heterocycles. The minimum Gasteiger partial charge on any atom is -0.495 e. The highest BCUT2D eigenvalue weighted by atomic mass is 32.2. The second kappa shape index (κ2) is 6.55. The average molecular weight is 383 g/mol. The average Bonchev–Trinajstić information content (AvgIpc) is 3.19. The van der Waals surface area contributed by atoms with E-state index < -0.39 is 27.4 Å². The highest BCUT2D eigenvalue weighted by molar-refractivity contribution is 7.89. The lowest BCUT2D eigenvalue weighted by molar-refractivity contribution is -0.149. The number of esters is 1. The van der Waals surface area contributed by atoms with Crippen molar-refractivity contribution < 1.29 is 32.6 Å². The van der Waals surface area contributed by atoms with E-state index in [1.807, 2.05) is 0 Å². The van der Waals surface area contributed by atoms with Gasteiger partial charge in [0.1, 0.15) is 10.6 Å². The topological polar surface area (TPSA) is 110 Å². The van der Waals surface area contributed by atoms with Crippen molar-refractivity contribution in [2.24, 2.45) is 11.3 Å². The lowest BCUT2D eigenvalue weighted by Crippen LogP contribution is -2.37. The Balaban J connectivity index is 2.01. The van der Waals surface area contributed by atoms with Gasteiger partial charge >= 0.3 is 11.9 Å². The van der Waals surface area contributed by atoms with E-state index in [0.29, 0.717) is 12.8 Å². The maximum Gasteiger partial charge on any atom is 0.337 e. The summed E-state index contributed by atoms with van der Waals surface area (Å²) in [6.45, 7) is 0.0845. The first kappa shape index (κ1) is 18.7. The monoisotopic (exact) mass is 383 g/mol. The molecular formula is C17H21NO7S. The zero-order valence-electron chi connectivity index (χ0n) is 14.6. The molecule has 2 aliphatic rings. The van der Waals surface area contributed by atoms with Crippen LogP contribution in [0.2, 0.25) is 0 Å². The van der Waals surface area contributed by atoms with Crippen LogP contribution in [0.5, 0.6) is 5.75 Å². The van der Waals surface area contributed by atoms with Crippen molar-refractivity contribution in [1.82, 2.24) is 4.31 Å². The number of fused-ring (bicyclic) bond motifs is 1. The molecule has 8 nitrogen and oxygen atoms in total. The van der Waals surface area contributed by atoms with Gasteiger partial charge in [0.25, 0.3) is 0 Å². The SMILES string of the molecule is COC(=O)c1ccc(OC)c(S(=O)(=O)N2C[C@@H]3CCC[C@@]3(C(=O)O)C2)c1. The maximum atomic E-state index is 13.2. The number of hydrogen-bond donors (Lipinski definition) is 1. The molecule has 2 fully saturated rings. The van der Waals surface area contributed by atoms with E-state index in [1.165, 1.54) is 36.7 Å². The molecule has 26 heavy (non-hydrogen) atoms. The summed E-state index contributed by atoms with van der Waals surface area (Å²) in [5.74, 6) is -1.72. The van der Waals surface area contributed by atoms with Crippen molar-refractivity contribution in [3.8, 4) is 5.75 Å². The minimum atomic E-state index is -4.02. The Labute approximate surface area is 151 Å². The van der Waals surface area contributed by atoms with Crippen LogP contribution in [0.3, 0.4) is 0 Å². The Morgan fingerprint density at radius 2 is 2.04 bits per heavy atom. The number of carboxylic acids is 1. The quantitative estimate of drug-likeness (QED) is 0.764.